The SMILES string of the molecule is [Ce].[Mn].[Ni].[SnH2]. The van der Waals surface area contributed by atoms with Gasteiger partial charge in [-0.1, -0.05) is 0 Å². The molecule has 0 spiro atoms. The molecule has 0 saturated heterocycles. The van der Waals surface area contributed by atoms with Crippen molar-refractivity contribution in [2.24, 2.45) is 0 Å². The van der Waals surface area contributed by atoms with E-state index in [9.17, 15) is 0 Å². The molecule has 0 unspecified atom stereocenters. The molecule has 0 aliphatic carbocycles. The Balaban J connectivity index is 0. The summed E-state index contributed by atoms with van der Waals surface area (Å²) < 4.78 is 0. The quantitative estimate of drug-likeness (QED) is 0.481. The van der Waals surface area contributed by atoms with Gasteiger partial charge in [-0.25, -0.2) is 0 Å². The minimum atomic E-state index is 0. The van der Waals surface area contributed by atoms with Gasteiger partial charge in [0.05, 0.1) is 0 Å². The van der Waals surface area contributed by atoms with E-state index in [0.717, 1.165) is 0 Å². The molecule has 0 saturated carbocycles. The van der Waals surface area contributed by atoms with Crippen LogP contribution in [0.25, 0.3) is 0 Å². The van der Waals surface area contributed by atoms with E-state index in [-0.39, 0.29) is 99.2 Å². The predicted octanol–water partition coefficient (Wildman–Crippen LogP) is -0.921. The van der Waals surface area contributed by atoms with E-state index in [2.05, 4.69) is 0 Å². The van der Waals surface area contributed by atoms with Crippen LogP contribution in [0.1, 0.15) is 0 Å². The Bertz CT molecular complexity index is 8.00. The van der Waals surface area contributed by atoms with Crippen molar-refractivity contribution in [2.75, 3.05) is 0 Å². The fraction of sp³-hybridized carbons (Fsp3) is 0. The molecule has 4 heavy (non-hydrogen) atoms. The predicted molar refractivity (Wildman–Crippen MR) is 8.54 cm³/mol. The van der Waals surface area contributed by atoms with Crippen LogP contribution in [0.4, 0.5) is 0 Å². The third kappa shape index (κ3) is 8.95. The van der Waals surface area contributed by atoms with E-state index in [1.54, 1.807) is 0 Å². The monoisotopic (exact) mass is 375 g/mol. The van der Waals surface area contributed by atoms with Crippen molar-refractivity contribution in [3.05, 3.63) is 0 Å². The molecular formula is H2CeMnNiSn. The van der Waals surface area contributed by atoms with Gasteiger partial charge < -0.3 is 0 Å². The summed E-state index contributed by atoms with van der Waals surface area (Å²) in [7, 11) is 0. The zero-order valence-electron chi connectivity index (χ0n) is 1.90. The van der Waals surface area contributed by atoms with Crippen LogP contribution < -0.4 is 0 Å². The standard InChI is InChI=1S/Ce.Mn.Ni.Sn.2H. The molecule has 0 N–H and O–H groups in total. The second-order valence-electron chi connectivity index (χ2n) is 0. The van der Waals surface area contributed by atoms with Gasteiger partial charge in [0, 0.05) is 75.3 Å². The summed E-state index contributed by atoms with van der Waals surface area (Å²) >= 11 is 0. The first kappa shape index (κ1) is 27.1. The van der Waals surface area contributed by atoms with Gasteiger partial charge in [-0.3, -0.25) is 0 Å². The molecule has 0 aromatic carbocycles. The third-order valence-electron chi connectivity index (χ3n) is 0. The van der Waals surface area contributed by atoms with Crippen molar-refractivity contribution in [3.8, 4) is 0 Å². The molecule has 27 valence electrons. The Labute approximate surface area is 97.0 Å². The average Bonchev–Trinajstić information content (AvgIpc) is 0. The van der Waals surface area contributed by atoms with Crippen LogP contribution in [-0.2, 0) is 33.6 Å². The fourth-order valence-electron chi connectivity index (χ4n) is 0. The van der Waals surface area contributed by atoms with E-state index in [1.165, 1.54) is 0 Å². The first-order chi connectivity index (χ1) is 0. The van der Waals surface area contributed by atoms with Crippen LogP contribution in [-0.4, -0.2) is 23.9 Å². The summed E-state index contributed by atoms with van der Waals surface area (Å²) in [5.74, 6) is 0. The number of rotatable bonds is 0. The van der Waals surface area contributed by atoms with E-state index >= 15 is 0 Å². The van der Waals surface area contributed by atoms with Crippen LogP contribution in [0, 0.1) is 41.7 Å². The van der Waals surface area contributed by atoms with Gasteiger partial charge in [-0.15, -0.1) is 0 Å². The molecule has 0 aliphatic heterocycles. The van der Waals surface area contributed by atoms with Gasteiger partial charge in [-0.05, 0) is 0 Å². The number of hydrogen-bond acceptors (Lipinski definition) is 0. The normalized spacial score (nSPS) is 0. The van der Waals surface area contributed by atoms with Gasteiger partial charge in [-0.2, -0.15) is 0 Å². The minimum absolute atomic E-state index is 0. The van der Waals surface area contributed by atoms with Gasteiger partial charge >= 0.3 is 23.9 Å². The molecule has 0 bridgehead atoms. The third-order valence-corrected chi connectivity index (χ3v) is 0. The molecule has 0 nitrogen and oxygen atoms in total. The first-order valence-corrected chi connectivity index (χ1v) is 0. The Morgan fingerprint density at radius 2 is 1.00 bits per heavy atom. The average molecular weight is 374 g/mol. The Kier molecular flexibility index (Phi) is 111. The van der Waals surface area contributed by atoms with E-state index < -0.39 is 0 Å². The zero-order chi connectivity index (χ0) is 0. The maximum atomic E-state index is 0. The Morgan fingerprint density at radius 1 is 1.00 bits per heavy atom. The van der Waals surface area contributed by atoms with Crippen molar-refractivity contribution in [2.45, 2.75) is 0 Å². The fourth-order valence-corrected chi connectivity index (χ4v) is 0. The van der Waals surface area contributed by atoms with Gasteiger partial charge in [0.2, 0.25) is 0 Å². The van der Waals surface area contributed by atoms with Crippen molar-refractivity contribution < 1.29 is 75.3 Å². The molecule has 0 rings (SSSR count). The van der Waals surface area contributed by atoms with Gasteiger partial charge in [0.25, 0.3) is 0 Å². The molecule has 0 aliphatic rings. The molecule has 4 heteroatoms. The van der Waals surface area contributed by atoms with Crippen LogP contribution in [0.5, 0.6) is 0 Å². The zero-order valence-corrected chi connectivity index (χ0v) is 11.2. The Morgan fingerprint density at radius 3 is 1.00 bits per heavy atom. The summed E-state index contributed by atoms with van der Waals surface area (Å²) in [4.78, 5) is 0. The van der Waals surface area contributed by atoms with Crippen LogP contribution in [0.15, 0.2) is 0 Å². The molecule has 0 amide bonds. The van der Waals surface area contributed by atoms with Crippen molar-refractivity contribution in [3.63, 3.8) is 0 Å². The molecule has 0 fully saturated rings. The Hall–Kier alpha value is 3.19. The summed E-state index contributed by atoms with van der Waals surface area (Å²) in [5.41, 5.74) is 0. The maximum absolute atomic E-state index is 0. The van der Waals surface area contributed by atoms with Crippen molar-refractivity contribution in [1.82, 2.24) is 0 Å². The summed E-state index contributed by atoms with van der Waals surface area (Å²) in [6, 6.07) is 0. The topological polar surface area (TPSA) is 0 Å². The summed E-state index contributed by atoms with van der Waals surface area (Å²) in [5, 5.41) is 0. The van der Waals surface area contributed by atoms with Crippen LogP contribution in [0.3, 0.4) is 0 Å². The van der Waals surface area contributed by atoms with Crippen molar-refractivity contribution >= 4 is 23.9 Å². The van der Waals surface area contributed by atoms with Gasteiger partial charge in [0.1, 0.15) is 0 Å². The summed E-state index contributed by atoms with van der Waals surface area (Å²) in [6.45, 7) is 0. The summed E-state index contributed by atoms with van der Waals surface area (Å²) in [6.07, 6.45) is 0. The second kappa shape index (κ2) is 16.4. The van der Waals surface area contributed by atoms with E-state index in [1.807, 2.05) is 0 Å². The molecular weight excluding hydrogens is 372 g/mol. The molecule has 0 atom stereocenters. The van der Waals surface area contributed by atoms with Crippen LogP contribution in [0.2, 0.25) is 0 Å². The van der Waals surface area contributed by atoms with Gasteiger partial charge in [0.15, 0.2) is 0 Å². The molecule has 0 heterocycles. The molecule has 0 aromatic heterocycles. The molecule has 0 aromatic rings. The van der Waals surface area contributed by atoms with Crippen LogP contribution >= 0.6 is 0 Å². The first-order valence-electron chi connectivity index (χ1n) is 0. The van der Waals surface area contributed by atoms with E-state index in [4.69, 9.17) is 0 Å². The van der Waals surface area contributed by atoms with E-state index in [0.29, 0.717) is 0 Å². The second-order valence-corrected chi connectivity index (χ2v) is 0. The van der Waals surface area contributed by atoms with Crippen molar-refractivity contribution in [1.29, 1.82) is 0 Å². The number of hydrogen-bond donors (Lipinski definition) is 0. The molecule has 3 radical (unpaired) electrons.